The minimum atomic E-state index is -0.307. The number of ether oxygens (including phenoxy) is 1. The van der Waals surface area contributed by atoms with E-state index in [2.05, 4.69) is 28.7 Å². The van der Waals surface area contributed by atoms with E-state index in [-0.39, 0.29) is 5.97 Å². The Balaban J connectivity index is 2.05. The van der Waals surface area contributed by atoms with Crippen LogP contribution in [0, 0.1) is 6.92 Å². The lowest BCUT2D eigenvalue weighted by Crippen LogP contribution is -2.13. The zero-order chi connectivity index (χ0) is 15.2. The van der Waals surface area contributed by atoms with Crippen LogP contribution in [0.4, 0.5) is 5.00 Å². The van der Waals surface area contributed by atoms with Crippen LogP contribution in [0.2, 0.25) is 0 Å². The quantitative estimate of drug-likeness (QED) is 0.824. The molecule has 5 heteroatoms. The number of esters is 1. The minimum absolute atomic E-state index is 0.307. The molecule has 112 valence electrons. The van der Waals surface area contributed by atoms with Gasteiger partial charge in [-0.15, -0.1) is 0 Å². The minimum Gasteiger partial charge on any atom is -0.462 e. The van der Waals surface area contributed by atoms with Gasteiger partial charge < -0.3 is 10.1 Å². The monoisotopic (exact) mass is 304 g/mol. The number of nitrogens with one attached hydrogen (secondary N) is 1. The summed E-state index contributed by atoms with van der Waals surface area (Å²) in [6.45, 7) is 6.90. The van der Waals surface area contributed by atoms with Crippen LogP contribution in [0.25, 0.3) is 0 Å². The van der Waals surface area contributed by atoms with Crippen LogP contribution in [0.1, 0.15) is 41.4 Å². The number of carbonyl (C=O) groups is 1. The largest absolute Gasteiger partial charge is 0.462 e. The Morgan fingerprint density at radius 2 is 2.10 bits per heavy atom. The number of anilines is 1. The lowest BCUT2D eigenvalue weighted by molar-refractivity contribution is 0.0527. The molecular weight excluding hydrogens is 284 g/mol. The van der Waals surface area contributed by atoms with Crippen LogP contribution in [-0.4, -0.2) is 23.5 Å². The number of hydrogen-bond acceptors (Lipinski definition) is 5. The molecule has 2 rings (SSSR count). The van der Waals surface area contributed by atoms with Gasteiger partial charge in [-0.3, -0.25) is 0 Å². The molecule has 1 N–H and O–H groups in total. The molecule has 0 spiro atoms. The molecular formula is C16H20N2O2S. The van der Waals surface area contributed by atoms with Gasteiger partial charge in [0.15, 0.2) is 0 Å². The maximum atomic E-state index is 12.0. The van der Waals surface area contributed by atoms with Gasteiger partial charge in [0, 0.05) is 6.54 Å². The molecule has 0 saturated carbocycles. The zero-order valence-electron chi connectivity index (χ0n) is 12.6. The van der Waals surface area contributed by atoms with Crippen molar-refractivity contribution in [1.29, 1.82) is 0 Å². The average Bonchev–Trinajstić information content (AvgIpc) is 2.87. The normalized spacial score (nSPS) is 12.0. The summed E-state index contributed by atoms with van der Waals surface area (Å²) in [6.07, 6.45) is 0. The molecule has 4 nitrogen and oxygen atoms in total. The molecule has 1 unspecified atom stereocenters. The van der Waals surface area contributed by atoms with E-state index in [1.165, 1.54) is 17.1 Å². The number of hydrogen-bond donors (Lipinski definition) is 1. The van der Waals surface area contributed by atoms with E-state index in [9.17, 15) is 4.79 Å². The standard InChI is InChI=1S/C16H20N2O2S/c1-4-20-16(19)14-12(3)18-21-15(14)17-10-11(2)13-8-6-5-7-9-13/h5-9,11,17H,4,10H2,1-3H3. The Kier molecular flexibility index (Phi) is 5.33. The SMILES string of the molecule is CCOC(=O)c1c(C)nsc1NCC(C)c1ccccc1. The highest BCUT2D eigenvalue weighted by atomic mass is 32.1. The van der Waals surface area contributed by atoms with E-state index in [1.807, 2.05) is 25.1 Å². The molecule has 0 radical (unpaired) electrons. The first-order valence-corrected chi connectivity index (χ1v) is 7.83. The smallest absolute Gasteiger partial charge is 0.343 e. The lowest BCUT2D eigenvalue weighted by atomic mass is 10.0. The third kappa shape index (κ3) is 3.82. The van der Waals surface area contributed by atoms with Crippen molar-refractivity contribution < 1.29 is 9.53 Å². The molecule has 0 saturated heterocycles. The molecule has 21 heavy (non-hydrogen) atoms. The Morgan fingerprint density at radius 3 is 2.76 bits per heavy atom. The van der Waals surface area contributed by atoms with Gasteiger partial charge in [0.25, 0.3) is 0 Å². The third-order valence-corrected chi connectivity index (χ3v) is 4.18. The van der Waals surface area contributed by atoms with Gasteiger partial charge >= 0.3 is 5.97 Å². The highest BCUT2D eigenvalue weighted by molar-refractivity contribution is 7.10. The number of rotatable bonds is 6. The molecule has 1 aromatic carbocycles. The van der Waals surface area contributed by atoms with Crippen molar-refractivity contribution in [3.8, 4) is 0 Å². The van der Waals surface area contributed by atoms with Crippen LogP contribution in [0.3, 0.4) is 0 Å². The second-order valence-corrected chi connectivity index (χ2v) is 5.66. The fourth-order valence-electron chi connectivity index (χ4n) is 2.08. The molecule has 0 aliphatic carbocycles. The van der Waals surface area contributed by atoms with Gasteiger partial charge in [0.2, 0.25) is 0 Å². The lowest BCUT2D eigenvalue weighted by Gasteiger charge is -2.13. The summed E-state index contributed by atoms with van der Waals surface area (Å²) in [6, 6.07) is 10.3. The topological polar surface area (TPSA) is 51.2 Å². The van der Waals surface area contributed by atoms with E-state index in [0.29, 0.717) is 23.8 Å². The first-order valence-electron chi connectivity index (χ1n) is 7.05. The van der Waals surface area contributed by atoms with Crippen LogP contribution in [-0.2, 0) is 4.74 Å². The molecule has 1 aromatic heterocycles. The summed E-state index contributed by atoms with van der Waals surface area (Å²) in [5.41, 5.74) is 2.54. The number of aromatic nitrogens is 1. The number of benzene rings is 1. The Labute approximate surface area is 129 Å². The molecule has 1 heterocycles. The van der Waals surface area contributed by atoms with Gasteiger partial charge in [0.05, 0.1) is 12.3 Å². The Bertz CT molecular complexity index is 596. The second kappa shape index (κ2) is 7.22. The summed E-state index contributed by atoms with van der Waals surface area (Å²) >= 11 is 1.31. The molecule has 0 aliphatic heterocycles. The van der Waals surface area contributed by atoms with Gasteiger partial charge in [-0.1, -0.05) is 37.3 Å². The van der Waals surface area contributed by atoms with Crippen molar-refractivity contribution in [2.75, 3.05) is 18.5 Å². The van der Waals surface area contributed by atoms with Crippen molar-refractivity contribution in [1.82, 2.24) is 4.37 Å². The van der Waals surface area contributed by atoms with Gasteiger partial charge in [0.1, 0.15) is 10.6 Å². The first-order chi connectivity index (χ1) is 10.1. The highest BCUT2D eigenvalue weighted by Gasteiger charge is 2.19. The number of nitrogens with zero attached hydrogens (tertiary/aromatic N) is 1. The maximum absolute atomic E-state index is 12.0. The number of carbonyl (C=O) groups excluding carboxylic acids is 1. The van der Waals surface area contributed by atoms with E-state index < -0.39 is 0 Å². The average molecular weight is 304 g/mol. The summed E-state index contributed by atoms with van der Waals surface area (Å²) in [5, 5.41) is 4.11. The maximum Gasteiger partial charge on any atom is 0.343 e. The first kappa shape index (κ1) is 15.5. The summed E-state index contributed by atoms with van der Waals surface area (Å²) in [7, 11) is 0. The molecule has 2 aromatic rings. The fraction of sp³-hybridized carbons (Fsp3) is 0.375. The predicted octanol–water partition coefficient (Wildman–Crippen LogP) is 3.84. The van der Waals surface area contributed by atoms with Gasteiger partial charge in [-0.2, -0.15) is 4.37 Å². The van der Waals surface area contributed by atoms with Crippen LogP contribution in [0.15, 0.2) is 30.3 Å². The summed E-state index contributed by atoms with van der Waals surface area (Å²) in [5.74, 6) is 0.0438. The van der Waals surface area contributed by atoms with E-state index in [4.69, 9.17) is 4.74 Å². The van der Waals surface area contributed by atoms with Crippen molar-refractivity contribution in [3.05, 3.63) is 47.2 Å². The Hall–Kier alpha value is -1.88. The fourth-order valence-corrected chi connectivity index (χ4v) is 2.87. The van der Waals surface area contributed by atoms with Crippen molar-refractivity contribution in [2.45, 2.75) is 26.7 Å². The number of aryl methyl sites for hydroxylation is 1. The third-order valence-electron chi connectivity index (χ3n) is 3.28. The summed E-state index contributed by atoms with van der Waals surface area (Å²) < 4.78 is 9.34. The summed E-state index contributed by atoms with van der Waals surface area (Å²) in [4.78, 5) is 12.0. The Morgan fingerprint density at radius 1 is 1.38 bits per heavy atom. The van der Waals surface area contributed by atoms with E-state index >= 15 is 0 Å². The van der Waals surface area contributed by atoms with Crippen LogP contribution in [0.5, 0.6) is 0 Å². The van der Waals surface area contributed by atoms with Crippen molar-refractivity contribution in [2.24, 2.45) is 0 Å². The van der Waals surface area contributed by atoms with E-state index in [0.717, 1.165) is 11.5 Å². The zero-order valence-corrected chi connectivity index (χ0v) is 13.4. The molecule has 0 amide bonds. The van der Waals surface area contributed by atoms with Gasteiger partial charge in [-0.05, 0) is 36.9 Å². The molecule has 0 bridgehead atoms. The van der Waals surface area contributed by atoms with Crippen molar-refractivity contribution in [3.63, 3.8) is 0 Å². The molecule has 0 aliphatic rings. The second-order valence-electron chi connectivity index (χ2n) is 4.89. The van der Waals surface area contributed by atoms with E-state index in [1.54, 1.807) is 6.92 Å². The molecule has 1 atom stereocenters. The predicted molar refractivity (Wildman–Crippen MR) is 86.2 cm³/mol. The van der Waals surface area contributed by atoms with Crippen LogP contribution >= 0.6 is 11.5 Å². The van der Waals surface area contributed by atoms with Gasteiger partial charge in [-0.25, -0.2) is 4.79 Å². The highest BCUT2D eigenvalue weighted by Crippen LogP contribution is 2.26. The van der Waals surface area contributed by atoms with Crippen molar-refractivity contribution >= 4 is 22.5 Å². The van der Waals surface area contributed by atoms with Crippen LogP contribution < -0.4 is 5.32 Å². The molecule has 0 fully saturated rings.